The Balaban J connectivity index is 3.34. The molecule has 0 saturated carbocycles. The van der Waals surface area contributed by atoms with Crippen LogP contribution in [0.5, 0.6) is 0 Å². The van der Waals surface area contributed by atoms with Crippen LogP contribution in [0.4, 0.5) is 0 Å². The third-order valence-electron chi connectivity index (χ3n) is 1.90. The number of nitrogens with two attached hydrogens (primary N) is 1. The van der Waals surface area contributed by atoms with Gasteiger partial charge in [-0.05, 0) is 25.3 Å². The van der Waals surface area contributed by atoms with E-state index >= 15 is 0 Å². The van der Waals surface area contributed by atoms with Crippen molar-refractivity contribution < 1.29 is 9.53 Å². The molecule has 0 aliphatic heterocycles. The first-order valence-corrected chi connectivity index (χ1v) is 5.06. The fraction of sp³-hybridized carbons (Fsp3) is 0.900. The van der Waals surface area contributed by atoms with Crippen molar-refractivity contribution in [1.29, 1.82) is 0 Å². The van der Waals surface area contributed by atoms with E-state index < -0.39 is 0 Å². The molecule has 0 saturated heterocycles. The first kappa shape index (κ1) is 12.4. The van der Waals surface area contributed by atoms with Crippen LogP contribution in [0.2, 0.25) is 0 Å². The van der Waals surface area contributed by atoms with Gasteiger partial charge >= 0.3 is 5.97 Å². The highest BCUT2D eigenvalue weighted by Gasteiger charge is 2.05. The minimum absolute atomic E-state index is 0.117. The smallest absolute Gasteiger partial charge is 0.305 e. The minimum Gasteiger partial charge on any atom is -0.465 e. The fourth-order valence-corrected chi connectivity index (χ4v) is 1.13. The van der Waals surface area contributed by atoms with Crippen LogP contribution < -0.4 is 5.73 Å². The topological polar surface area (TPSA) is 52.3 Å². The van der Waals surface area contributed by atoms with Gasteiger partial charge in [0, 0.05) is 6.42 Å². The summed E-state index contributed by atoms with van der Waals surface area (Å²) in [5.74, 6) is 0.361. The molecule has 3 heteroatoms. The Hall–Kier alpha value is -0.570. The van der Waals surface area contributed by atoms with Crippen LogP contribution in [0.1, 0.15) is 39.5 Å². The highest BCUT2D eigenvalue weighted by atomic mass is 16.5. The quantitative estimate of drug-likeness (QED) is 0.617. The molecule has 0 aromatic rings. The molecule has 0 aliphatic carbocycles. The number of carbonyl (C=O) groups excluding carboxylic acids is 1. The number of hydrogen-bond donors (Lipinski definition) is 1. The van der Waals surface area contributed by atoms with E-state index in [-0.39, 0.29) is 5.97 Å². The van der Waals surface area contributed by atoms with Gasteiger partial charge in [-0.25, -0.2) is 0 Å². The second-order valence-corrected chi connectivity index (χ2v) is 3.47. The van der Waals surface area contributed by atoms with Crippen LogP contribution in [0.3, 0.4) is 0 Å². The monoisotopic (exact) mass is 187 g/mol. The molecule has 0 aliphatic rings. The summed E-state index contributed by atoms with van der Waals surface area (Å²) in [5, 5.41) is 0. The summed E-state index contributed by atoms with van der Waals surface area (Å²) in [7, 11) is 0. The summed E-state index contributed by atoms with van der Waals surface area (Å²) in [4.78, 5) is 11.0. The molecule has 2 N–H and O–H groups in total. The number of hydrogen-bond acceptors (Lipinski definition) is 3. The molecule has 0 bridgehead atoms. The van der Waals surface area contributed by atoms with E-state index in [4.69, 9.17) is 10.5 Å². The van der Waals surface area contributed by atoms with Crippen LogP contribution in [-0.4, -0.2) is 19.1 Å². The predicted octanol–water partition coefficient (Wildman–Crippen LogP) is 1.70. The number of esters is 1. The maximum atomic E-state index is 11.0. The van der Waals surface area contributed by atoms with Crippen LogP contribution in [0.15, 0.2) is 0 Å². The number of ether oxygens (including phenoxy) is 1. The lowest BCUT2D eigenvalue weighted by atomic mass is 10.1. The summed E-state index contributed by atoms with van der Waals surface area (Å²) < 4.78 is 5.06. The van der Waals surface area contributed by atoms with E-state index in [1.165, 1.54) is 0 Å². The zero-order valence-corrected chi connectivity index (χ0v) is 8.71. The molecular weight excluding hydrogens is 166 g/mol. The molecule has 13 heavy (non-hydrogen) atoms. The maximum Gasteiger partial charge on any atom is 0.305 e. The molecular formula is C10H21NO2. The highest BCUT2D eigenvalue weighted by molar-refractivity contribution is 5.69. The molecule has 1 atom stereocenters. The Bertz CT molecular complexity index is 137. The van der Waals surface area contributed by atoms with Gasteiger partial charge in [-0.3, -0.25) is 4.79 Å². The summed E-state index contributed by atoms with van der Waals surface area (Å²) >= 11 is 0. The normalized spacial score (nSPS) is 12.5. The van der Waals surface area contributed by atoms with Gasteiger partial charge in [0.05, 0.1) is 6.61 Å². The molecule has 0 spiro atoms. The van der Waals surface area contributed by atoms with E-state index in [1.54, 1.807) is 0 Å². The molecule has 0 radical (unpaired) electrons. The second-order valence-electron chi connectivity index (χ2n) is 3.47. The largest absolute Gasteiger partial charge is 0.465 e. The van der Waals surface area contributed by atoms with E-state index in [0.717, 1.165) is 19.3 Å². The molecule has 3 nitrogen and oxygen atoms in total. The Morgan fingerprint density at radius 2 is 2.23 bits per heavy atom. The average Bonchev–Trinajstić information content (AvgIpc) is 2.12. The molecule has 0 amide bonds. The maximum absolute atomic E-state index is 11.0. The predicted molar refractivity (Wildman–Crippen MR) is 53.3 cm³/mol. The summed E-state index contributed by atoms with van der Waals surface area (Å²) in [6.45, 7) is 5.34. The van der Waals surface area contributed by atoms with Gasteiger partial charge in [-0.15, -0.1) is 0 Å². The first-order chi connectivity index (χ1) is 6.20. The van der Waals surface area contributed by atoms with Gasteiger partial charge < -0.3 is 10.5 Å². The molecule has 0 rings (SSSR count). The Morgan fingerprint density at radius 3 is 2.77 bits per heavy atom. The van der Waals surface area contributed by atoms with E-state index in [0.29, 0.717) is 25.5 Å². The summed E-state index contributed by atoms with van der Waals surface area (Å²) in [6.07, 6.45) is 3.43. The van der Waals surface area contributed by atoms with Crippen molar-refractivity contribution in [2.24, 2.45) is 11.7 Å². The van der Waals surface area contributed by atoms with Crippen molar-refractivity contribution in [3.63, 3.8) is 0 Å². The van der Waals surface area contributed by atoms with E-state index in [2.05, 4.69) is 13.8 Å². The van der Waals surface area contributed by atoms with Crippen molar-refractivity contribution >= 4 is 5.97 Å². The SMILES string of the molecule is CCCC(C)COC(=O)CCCN. The molecule has 78 valence electrons. The number of carbonyl (C=O) groups is 1. The average molecular weight is 187 g/mol. The van der Waals surface area contributed by atoms with E-state index in [1.807, 2.05) is 0 Å². The lowest BCUT2D eigenvalue weighted by molar-refractivity contribution is -0.145. The fourth-order valence-electron chi connectivity index (χ4n) is 1.13. The second kappa shape index (κ2) is 8.05. The highest BCUT2D eigenvalue weighted by Crippen LogP contribution is 2.05. The number of rotatable bonds is 7. The van der Waals surface area contributed by atoms with Crippen molar-refractivity contribution in [2.45, 2.75) is 39.5 Å². The molecule has 1 unspecified atom stereocenters. The zero-order chi connectivity index (χ0) is 10.1. The van der Waals surface area contributed by atoms with Crippen LogP contribution in [0.25, 0.3) is 0 Å². The first-order valence-electron chi connectivity index (χ1n) is 5.06. The van der Waals surface area contributed by atoms with Gasteiger partial charge in [0.2, 0.25) is 0 Å². The van der Waals surface area contributed by atoms with Crippen LogP contribution in [-0.2, 0) is 9.53 Å². The van der Waals surface area contributed by atoms with Crippen LogP contribution in [0, 0.1) is 5.92 Å². The van der Waals surface area contributed by atoms with Gasteiger partial charge in [0.15, 0.2) is 0 Å². The van der Waals surface area contributed by atoms with Crippen molar-refractivity contribution in [2.75, 3.05) is 13.2 Å². The Labute approximate surface area is 80.6 Å². The van der Waals surface area contributed by atoms with Gasteiger partial charge in [-0.2, -0.15) is 0 Å². The van der Waals surface area contributed by atoms with Gasteiger partial charge in [0.1, 0.15) is 0 Å². The molecule has 0 fully saturated rings. The molecule has 0 heterocycles. The minimum atomic E-state index is -0.117. The standard InChI is InChI=1S/C10H21NO2/c1-3-5-9(2)8-13-10(12)6-4-7-11/h9H,3-8,11H2,1-2H3. The molecule has 0 aromatic heterocycles. The summed E-state index contributed by atoms with van der Waals surface area (Å²) in [6, 6.07) is 0. The van der Waals surface area contributed by atoms with Crippen LogP contribution >= 0.6 is 0 Å². The Kier molecular flexibility index (Phi) is 7.69. The zero-order valence-electron chi connectivity index (χ0n) is 8.71. The van der Waals surface area contributed by atoms with Crippen molar-refractivity contribution in [3.8, 4) is 0 Å². The molecule has 0 aromatic carbocycles. The van der Waals surface area contributed by atoms with Gasteiger partial charge in [-0.1, -0.05) is 20.3 Å². The van der Waals surface area contributed by atoms with Crippen molar-refractivity contribution in [1.82, 2.24) is 0 Å². The lowest BCUT2D eigenvalue weighted by Gasteiger charge is -2.10. The van der Waals surface area contributed by atoms with E-state index in [9.17, 15) is 4.79 Å². The lowest BCUT2D eigenvalue weighted by Crippen LogP contribution is -2.13. The third kappa shape index (κ3) is 7.78. The Morgan fingerprint density at radius 1 is 1.54 bits per heavy atom. The van der Waals surface area contributed by atoms with Crippen molar-refractivity contribution in [3.05, 3.63) is 0 Å². The van der Waals surface area contributed by atoms with Gasteiger partial charge in [0.25, 0.3) is 0 Å². The third-order valence-corrected chi connectivity index (χ3v) is 1.90. The summed E-state index contributed by atoms with van der Waals surface area (Å²) in [5.41, 5.74) is 5.27.